The van der Waals surface area contributed by atoms with Gasteiger partial charge in [0.05, 0.1) is 0 Å². The van der Waals surface area contributed by atoms with E-state index in [0.717, 1.165) is 19.3 Å². The van der Waals surface area contributed by atoms with E-state index >= 15 is 0 Å². The normalized spacial score (nSPS) is 30.1. The fourth-order valence-corrected chi connectivity index (χ4v) is 2.65. The van der Waals surface area contributed by atoms with Gasteiger partial charge in [-0.1, -0.05) is 12.8 Å². The van der Waals surface area contributed by atoms with E-state index in [1.807, 2.05) is 7.05 Å². The van der Waals surface area contributed by atoms with Gasteiger partial charge in [0.25, 0.3) is 0 Å². The first-order valence-corrected chi connectivity index (χ1v) is 5.89. The van der Waals surface area contributed by atoms with E-state index in [2.05, 4.69) is 19.5 Å². The number of rotatable bonds is 3. The molecule has 0 radical (unpaired) electrons. The van der Waals surface area contributed by atoms with Gasteiger partial charge >= 0.3 is 11.3 Å². The van der Waals surface area contributed by atoms with Gasteiger partial charge in [-0.25, -0.2) is 9.69 Å². The van der Waals surface area contributed by atoms with Crippen molar-refractivity contribution in [1.82, 2.24) is 10.8 Å². The first-order chi connectivity index (χ1) is 6.74. The summed E-state index contributed by atoms with van der Waals surface area (Å²) in [6, 6.07) is 0. The van der Waals surface area contributed by atoms with E-state index < -0.39 is 11.3 Å². The van der Waals surface area contributed by atoms with E-state index in [4.69, 9.17) is 0 Å². The van der Waals surface area contributed by atoms with Crippen LogP contribution in [0.15, 0.2) is 4.40 Å². The molecule has 2 N–H and O–H groups in total. The quantitative estimate of drug-likeness (QED) is 0.719. The molecule has 0 amide bonds. The third kappa shape index (κ3) is 1.97. The molecule has 1 fully saturated rings. The Balaban J connectivity index is 2.01. The molecule has 5 nitrogen and oxygen atoms in total. The van der Waals surface area contributed by atoms with Crippen LogP contribution in [0.25, 0.3) is 0 Å². The molecule has 0 aromatic carbocycles. The average Bonchev–Trinajstić information content (AvgIpc) is 2.77. The summed E-state index contributed by atoms with van der Waals surface area (Å²) >= 11 is -1.52. The van der Waals surface area contributed by atoms with Crippen molar-refractivity contribution in [3.8, 4) is 0 Å². The van der Waals surface area contributed by atoms with Crippen LogP contribution in [-0.4, -0.2) is 22.6 Å². The molecule has 0 aromatic rings. The molecule has 1 heterocycles. The molecule has 1 unspecified atom stereocenters. The van der Waals surface area contributed by atoms with Gasteiger partial charge in [0.2, 0.25) is 0 Å². The minimum Gasteiger partial charge on any atom is -0.314 e. The molecule has 0 bridgehead atoms. The summed E-state index contributed by atoms with van der Waals surface area (Å²) in [5.74, 6) is 0.694. The van der Waals surface area contributed by atoms with Gasteiger partial charge in [-0.15, -0.1) is 4.40 Å². The lowest BCUT2D eigenvalue weighted by atomic mass is 9.93. The minimum atomic E-state index is -1.52. The fraction of sp³-hybridized carbons (Fsp3) is 0.875. The minimum absolute atomic E-state index is 0.129. The summed E-state index contributed by atoms with van der Waals surface area (Å²) in [6.07, 6.45) is 5.57. The highest BCUT2D eigenvalue weighted by Gasteiger charge is 2.34. The molecule has 6 heteroatoms. The fourth-order valence-electron chi connectivity index (χ4n) is 2.17. The van der Waals surface area contributed by atoms with Gasteiger partial charge in [-0.2, -0.15) is 4.28 Å². The van der Waals surface area contributed by atoms with E-state index in [1.54, 1.807) is 0 Å². The third-order valence-electron chi connectivity index (χ3n) is 3.01. The van der Waals surface area contributed by atoms with E-state index in [9.17, 15) is 4.21 Å². The average molecular weight is 217 g/mol. The Morgan fingerprint density at radius 1 is 1.64 bits per heavy atom. The summed E-state index contributed by atoms with van der Waals surface area (Å²) < 4.78 is 19.4. The third-order valence-corrected chi connectivity index (χ3v) is 3.61. The van der Waals surface area contributed by atoms with Gasteiger partial charge < -0.3 is 5.32 Å². The Morgan fingerprint density at radius 2 is 2.36 bits per heavy atom. The van der Waals surface area contributed by atoms with Crippen molar-refractivity contribution in [2.75, 3.05) is 7.05 Å². The second-order valence-corrected chi connectivity index (χ2v) is 4.64. The Kier molecular flexibility index (Phi) is 2.85. The molecule has 14 heavy (non-hydrogen) atoms. The van der Waals surface area contributed by atoms with Crippen LogP contribution in [0.3, 0.4) is 0 Å². The first kappa shape index (κ1) is 10.1. The van der Waals surface area contributed by atoms with Crippen LogP contribution in [0.1, 0.15) is 32.1 Å². The van der Waals surface area contributed by atoms with Crippen molar-refractivity contribution in [3.63, 3.8) is 0 Å². The Morgan fingerprint density at radius 3 is 2.86 bits per heavy atom. The lowest BCUT2D eigenvalue weighted by Gasteiger charge is -2.27. The zero-order valence-corrected chi connectivity index (χ0v) is 9.02. The number of nitrogens with zero attached hydrogens (tertiary/aromatic N) is 1. The SMILES string of the molecule is CNC1(CC2=NS(=O)ON2)CCCC1. The predicted molar refractivity (Wildman–Crippen MR) is 54.7 cm³/mol. The molecule has 1 aliphatic carbocycles. The summed E-state index contributed by atoms with van der Waals surface area (Å²) in [5.41, 5.74) is 2.73. The van der Waals surface area contributed by atoms with E-state index in [1.165, 1.54) is 12.8 Å². The summed E-state index contributed by atoms with van der Waals surface area (Å²) in [4.78, 5) is 0. The molecule has 0 spiro atoms. The number of nitrogens with one attached hydrogen (secondary N) is 2. The number of amidine groups is 1. The highest BCUT2D eigenvalue weighted by Crippen LogP contribution is 2.32. The standard InChI is InChI=1S/C8H15N3O2S/c1-9-8(4-2-3-5-8)6-7-10-13-14(12)11-7/h9H,2-6H2,1H3,(H,10,11). The van der Waals surface area contributed by atoms with Crippen LogP contribution in [0.5, 0.6) is 0 Å². The van der Waals surface area contributed by atoms with E-state index in [0.29, 0.717) is 5.84 Å². The van der Waals surface area contributed by atoms with Crippen LogP contribution in [0.2, 0.25) is 0 Å². The highest BCUT2D eigenvalue weighted by molar-refractivity contribution is 7.79. The monoisotopic (exact) mass is 217 g/mol. The van der Waals surface area contributed by atoms with Crippen LogP contribution in [-0.2, 0) is 15.6 Å². The van der Waals surface area contributed by atoms with Crippen molar-refractivity contribution in [2.45, 2.75) is 37.6 Å². The molecular weight excluding hydrogens is 202 g/mol. The zero-order valence-electron chi connectivity index (χ0n) is 8.21. The maximum atomic E-state index is 10.8. The summed E-state index contributed by atoms with van der Waals surface area (Å²) in [7, 11) is 1.97. The first-order valence-electron chi connectivity index (χ1n) is 4.86. The Bertz CT molecular complexity index is 274. The van der Waals surface area contributed by atoms with Crippen molar-refractivity contribution >= 4 is 17.1 Å². The lowest BCUT2D eigenvalue weighted by molar-refractivity contribution is 0.292. The van der Waals surface area contributed by atoms with Crippen molar-refractivity contribution in [2.24, 2.45) is 4.40 Å². The lowest BCUT2D eigenvalue weighted by Crippen LogP contribution is -2.43. The molecule has 1 aliphatic heterocycles. The second kappa shape index (κ2) is 3.96. The summed E-state index contributed by atoms with van der Waals surface area (Å²) in [5, 5.41) is 3.34. The van der Waals surface area contributed by atoms with Crippen LogP contribution >= 0.6 is 0 Å². The molecule has 1 atom stereocenters. The zero-order chi connectivity index (χ0) is 10.0. The maximum Gasteiger partial charge on any atom is 0.309 e. The van der Waals surface area contributed by atoms with Crippen LogP contribution < -0.4 is 10.8 Å². The van der Waals surface area contributed by atoms with Gasteiger partial charge in [0.15, 0.2) is 0 Å². The maximum absolute atomic E-state index is 10.8. The van der Waals surface area contributed by atoms with Gasteiger partial charge in [-0.3, -0.25) is 0 Å². The van der Waals surface area contributed by atoms with Crippen LogP contribution in [0.4, 0.5) is 0 Å². The van der Waals surface area contributed by atoms with Gasteiger partial charge in [0.1, 0.15) is 5.84 Å². The van der Waals surface area contributed by atoms with E-state index in [-0.39, 0.29) is 5.54 Å². The molecule has 1 saturated carbocycles. The smallest absolute Gasteiger partial charge is 0.309 e. The van der Waals surface area contributed by atoms with Crippen molar-refractivity contribution < 1.29 is 8.49 Å². The van der Waals surface area contributed by atoms with Gasteiger partial charge in [0, 0.05) is 12.0 Å². The second-order valence-electron chi connectivity index (χ2n) is 3.85. The van der Waals surface area contributed by atoms with Crippen LogP contribution in [0, 0.1) is 0 Å². The largest absolute Gasteiger partial charge is 0.314 e. The molecule has 0 aromatic heterocycles. The predicted octanol–water partition coefficient (Wildman–Crippen LogP) is 0.421. The van der Waals surface area contributed by atoms with Crippen molar-refractivity contribution in [1.29, 1.82) is 0 Å². The molecular formula is C8H15N3O2S. The molecule has 80 valence electrons. The topological polar surface area (TPSA) is 62.7 Å². The summed E-state index contributed by atoms with van der Waals surface area (Å²) in [6.45, 7) is 0. The van der Waals surface area contributed by atoms with Crippen molar-refractivity contribution in [3.05, 3.63) is 0 Å². The molecule has 0 saturated heterocycles. The number of hydrogen-bond donors (Lipinski definition) is 2. The highest BCUT2D eigenvalue weighted by atomic mass is 32.2. The van der Waals surface area contributed by atoms with Gasteiger partial charge in [-0.05, 0) is 19.9 Å². The Hall–Kier alpha value is -0.460. The molecule has 2 aliphatic rings. The Labute approximate surface area is 86.1 Å². The number of hydroxylamine groups is 1. The number of hydrogen-bond acceptors (Lipinski definition) is 4. The molecule has 2 rings (SSSR count).